The number of fused-ring (bicyclic) bond motifs is 1. The van der Waals surface area contributed by atoms with Gasteiger partial charge < -0.3 is 15.9 Å². The van der Waals surface area contributed by atoms with Crippen LogP contribution in [0.25, 0.3) is 10.8 Å². The molecule has 4 nitrogen and oxygen atoms in total. The van der Waals surface area contributed by atoms with E-state index in [-0.39, 0.29) is 6.04 Å². The minimum atomic E-state index is -1.41. The van der Waals surface area contributed by atoms with Crippen LogP contribution >= 0.6 is 0 Å². The average molecular weight is 323 g/mol. The van der Waals surface area contributed by atoms with Crippen molar-refractivity contribution in [3.8, 4) is 0 Å². The Morgan fingerprint density at radius 2 is 1.50 bits per heavy atom. The maximum absolute atomic E-state index is 10.2. The lowest BCUT2D eigenvalue weighted by molar-refractivity contribution is -0.146. The second-order valence-corrected chi connectivity index (χ2v) is 5.51. The molecule has 4 N–H and O–H groups in total. The number of rotatable bonds is 3. The normalized spacial score (nSPS) is 12.8. The Morgan fingerprint density at radius 1 is 0.917 bits per heavy atom. The van der Waals surface area contributed by atoms with E-state index in [0.717, 1.165) is 0 Å². The molecule has 0 aliphatic rings. The highest BCUT2D eigenvalue weighted by molar-refractivity contribution is 5.86. The monoisotopic (exact) mass is 323 g/mol. The zero-order valence-electron chi connectivity index (χ0n) is 13.5. The minimum absolute atomic E-state index is 0.103. The molecule has 1 unspecified atom stereocenters. The molecule has 0 fully saturated rings. The van der Waals surface area contributed by atoms with E-state index >= 15 is 0 Å². The van der Waals surface area contributed by atoms with E-state index < -0.39 is 12.1 Å². The second-order valence-electron chi connectivity index (χ2n) is 5.51. The lowest BCUT2D eigenvalue weighted by Gasteiger charge is -2.09. The number of carbonyl (C=O) groups is 1. The van der Waals surface area contributed by atoms with Crippen LogP contribution in [0.3, 0.4) is 0 Å². The fraction of sp³-hybridized carbons (Fsp3) is 0.150. The number of nitrogens with two attached hydrogens (primary N) is 1. The van der Waals surface area contributed by atoms with Crippen molar-refractivity contribution in [1.82, 2.24) is 0 Å². The number of aliphatic carboxylic acids is 1. The molecule has 0 bridgehead atoms. The van der Waals surface area contributed by atoms with Crippen LogP contribution in [0.1, 0.15) is 30.2 Å². The first-order valence-corrected chi connectivity index (χ1v) is 7.69. The van der Waals surface area contributed by atoms with Gasteiger partial charge in [0, 0.05) is 6.04 Å². The second kappa shape index (κ2) is 8.24. The lowest BCUT2D eigenvalue weighted by Crippen LogP contribution is -2.09. The molecule has 3 aromatic rings. The number of benzene rings is 3. The van der Waals surface area contributed by atoms with E-state index in [1.807, 2.05) is 19.1 Å². The first-order valence-electron chi connectivity index (χ1n) is 7.69. The number of hydrogen-bond donors (Lipinski definition) is 3. The fourth-order valence-electron chi connectivity index (χ4n) is 2.43. The summed E-state index contributed by atoms with van der Waals surface area (Å²) in [5, 5.41) is 19.9. The van der Waals surface area contributed by atoms with Gasteiger partial charge >= 0.3 is 5.97 Å². The molecule has 24 heavy (non-hydrogen) atoms. The highest BCUT2D eigenvalue weighted by Crippen LogP contribution is 2.22. The molecule has 0 radical (unpaired) electrons. The van der Waals surface area contributed by atoms with Crippen molar-refractivity contribution in [2.75, 3.05) is 0 Å². The molecule has 3 rings (SSSR count). The van der Waals surface area contributed by atoms with Gasteiger partial charge in [0.1, 0.15) is 0 Å². The lowest BCUT2D eigenvalue weighted by atomic mass is 10.0. The maximum Gasteiger partial charge on any atom is 0.337 e. The smallest absolute Gasteiger partial charge is 0.337 e. The Balaban J connectivity index is 0.000000177. The maximum atomic E-state index is 10.2. The third-order valence-electron chi connectivity index (χ3n) is 3.66. The molecule has 4 heteroatoms. The van der Waals surface area contributed by atoms with E-state index in [0.29, 0.717) is 5.56 Å². The largest absolute Gasteiger partial charge is 0.479 e. The number of hydrogen-bond acceptors (Lipinski definition) is 3. The minimum Gasteiger partial charge on any atom is -0.479 e. The molecular weight excluding hydrogens is 302 g/mol. The van der Waals surface area contributed by atoms with Gasteiger partial charge in [0.05, 0.1) is 0 Å². The first-order chi connectivity index (χ1) is 11.5. The van der Waals surface area contributed by atoms with Crippen LogP contribution in [0.15, 0.2) is 72.8 Å². The zero-order chi connectivity index (χ0) is 17.5. The third kappa shape index (κ3) is 4.41. The quantitative estimate of drug-likeness (QED) is 0.687. The SMILES string of the molecule is C[C@@H](N)c1cccc2ccccc12.O=C(O)C(O)c1ccccc1. The summed E-state index contributed by atoms with van der Waals surface area (Å²) in [7, 11) is 0. The summed E-state index contributed by atoms with van der Waals surface area (Å²) in [6, 6.07) is 23.0. The van der Waals surface area contributed by atoms with Gasteiger partial charge in [-0.25, -0.2) is 4.79 Å². The number of carboxylic acids is 1. The summed E-state index contributed by atoms with van der Waals surface area (Å²) < 4.78 is 0. The van der Waals surface area contributed by atoms with Crippen LogP contribution in [0.4, 0.5) is 0 Å². The van der Waals surface area contributed by atoms with Crippen LogP contribution in [0.2, 0.25) is 0 Å². The Hall–Kier alpha value is -2.69. The van der Waals surface area contributed by atoms with Crippen LogP contribution < -0.4 is 5.73 Å². The van der Waals surface area contributed by atoms with Crippen LogP contribution in [-0.4, -0.2) is 16.2 Å². The highest BCUT2D eigenvalue weighted by Gasteiger charge is 2.14. The van der Waals surface area contributed by atoms with Crippen molar-refractivity contribution >= 4 is 16.7 Å². The predicted molar refractivity (Wildman–Crippen MR) is 95.6 cm³/mol. The molecule has 0 saturated heterocycles. The zero-order valence-corrected chi connectivity index (χ0v) is 13.5. The Kier molecular flexibility index (Phi) is 6.07. The van der Waals surface area contributed by atoms with Crippen LogP contribution in [-0.2, 0) is 4.79 Å². The van der Waals surface area contributed by atoms with Gasteiger partial charge in [0.2, 0.25) is 0 Å². The molecule has 124 valence electrons. The highest BCUT2D eigenvalue weighted by atomic mass is 16.4. The van der Waals surface area contributed by atoms with Crippen molar-refractivity contribution in [3.05, 3.63) is 83.9 Å². The molecule has 3 aromatic carbocycles. The van der Waals surface area contributed by atoms with Gasteiger partial charge in [-0.15, -0.1) is 0 Å². The van der Waals surface area contributed by atoms with E-state index in [4.69, 9.17) is 15.9 Å². The van der Waals surface area contributed by atoms with E-state index in [1.54, 1.807) is 30.3 Å². The van der Waals surface area contributed by atoms with Gasteiger partial charge in [-0.1, -0.05) is 72.8 Å². The molecule has 2 atom stereocenters. The van der Waals surface area contributed by atoms with Crippen molar-refractivity contribution < 1.29 is 15.0 Å². The van der Waals surface area contributed by atoms with Crippen molar-refractivity contribution in [1.29, 1.82) is 0 Å². The van der Waals surface area contributed by atoms with Crippen molar-refractivity contribution in [2.45, 2.75) is 19.1 Å². The molecule has 0 aliphatic heterocycles. The molecule has 0 heterocycles. The summed E-state index contributed by atoms with van der Waals surface area (Å²) in [5.74, 6) is -1.23. The standard InChI is InChI=1S/C12H13N.C8H8O3/c1-9(13)11-8-4-6-10-5-2-3-7-12(10)11;9-7(8(10)11)6-4-2-1-3-5-6/h2-9H,13H2,1H3;1-5,7,9H,(H,10,11)/t9-;/m1./s1. The van der Waals surface area contributed by atoms with E-state index in [2.05, 4.69) is 30.3 Å². The molecule has 0 saturated carbocycles. The molecule has 0 amide bonds. The van der Waals surface area contributed by atoms with Crippen LogP contribution in [0, 0.1) is 0 Å². The number of aliphatic hydroxyl groups excluding tert-OH is 1. The average Bonchev–Trinajstić information content (AvgIpc) is 2.61. The summed E-state index contributed by atoms with van der Waals surface area (Å²) in [5.41, 5.74) is 7.50. The third-order valence-corrected chi connectivity index (χ3v) is 3.66. The van der Waals surface area contributed by atoms with E-state index in [1.165, 1.54) is 16.3 Å². The van der Waals surface area contributed by atoms with Gasteiger partial charge in [-0.2, -0.15) is 0 Å². The van der Waals surface area contributed by atoms with Crippen molar-refractivity contribution in [2.24, 2.45) is 5.73 Å². The molecule has 0 aliphatic carbocycles. The predicted octanol–water partition coefficient (Wildman–Crippen LogP) is 3.66. The fourth-order valence-corrected chi connectivity index (χ4v) is 2.43. The molecule has 0 spiro atoms. The summed E-state index contributed by atoms with van der Waals surface area (Å²) in [6.45, 7) is 2.02. The van der Waals surface area contributed by atoms with Gasteiger partial charge in [-0.05, 0) is 28.8 Å². The topological polar surface area (TPSA) is 83.6 Å². The summed E-state index contributed by atoms with van der Waals surface area (Å²) >= 11 is 0. The number of carboxylic acid groups (broad SMARTS) is 1. The molecule has 0 aromatic heterocycles. The van der Waals surface area contributed by atoms with Gasteiger partial charge in [0.25, 0.3) is 0 Å². The molecular formula is C20H21NO3. The van der Waals surface area contributed by atoms with Crippen molar-refractivity contribution in [3.63, 3.8) is 0 Å². The van der Waals surface area contributed by atoms with Gasteiger partial charge in [0.15, 0.2) is 6.10 Å². The Morgan fingerprint density at radius 3 is 2.12 bits per heavy atom. The van der Waals surface area contributed by atoms with Gasteiger partial charge in [-0.3, -0.25) is 0 Å². The Labute approximate surface area is 141 Å². The van der Waals surface area contributed by atoms with Crippen LogP contribution in [0.5, 0.6) is 0 Å². The number of aliphatic hydroxyl groups is 1. The first kappa shape index (κ1) is 17.7. The Bertz CT molecular complexity index is 795. The van der Waals surface area contributed by atoms with E-state index in [9.17, 15) is 4.79 Å². The summed E-state index contributed by atoms with van der Waals surface area (Å²) in [6.07, 6.45) is -1.41. The summed E-state index contributed by atoms with van der Waals surface area (Å²) in [4.78, 5) is 10.2.